The van der Waals surface area contributed by atoms with Crippen molar-refractivity contribution in [3.8, 4) is 5.88 Å². The Morgan fingerprint density at radius 2 is 2.50 bits per heavy atom. The average Bonchev–Trinajstić information content (AvgIpc) is 2.03. The van der Waals surface area contributed by atoms with E-state index in [0.29, 0.717) is 5.88 Å². The Morgan fingerprint density at radius 3 is 3.10 bits per heavy atom. The van der Waals surface area contributed by atoms with Gasteiger partial charge in [-0.1, -0.05) is 6.92 Å². The lowest BCUT2D eigenvalue weighted by molar-refractivity contribution is 0.304. The maximum atomic E-state index is 5.20. The molecular formula is C7H10N2O. The fourth-order valence-corrected chi connectivity index (χ4v) is 0.571. The van der Waals surface area contributed by atoms with Crippen molar-refractivity contribution in [3.63, 3.8) is 0 Å². The fraction of sp³-hybridized carbons (Fsp3) is 0.429. The molecule has 1 aromatic heterocycles. The molecule has 0 aliphatic heterocycles. The molecule has 0 radical (unpaired) electrons. The molecule has 0 aliphatic rings. The quantitative estimate of drug-likeness (QED) is 0.630. The Hall–Kier alpha value is -1.12. The van der Waals surface area contributed by atoms with Crippen molar-refractivity contribution in [2.75, 3.05) is 6.61 Å². The zero-order chi connectivity index (χ0) is 7.23. The van der Waals surface area contributed by atoms with Gasteiger partial charge in [-0.2, -0.15) is 0 Å². The number of hydrogen-bond donors (Lipinski definition) is 0. The first kappa shape index (κ1) is 6.99. The minimum atomic E-state index is 0.650. The second-order valence-electron chi connectivity index (χ2n) is 1.90. The van der Waals surface area contributed by atoms with Gasteiger partial charge in [0.05, 0.1) is 6.61 Å². The second-order valence-corrected chi connectivity index (χ2v) is 1.90. The average molecular weight is 138 g/mol. The Balaban J connectivity index is 2.43. The van der Waals surface area contributed by atoms with E-state index in [1.54, 1.807) is 12.3 Å². The van der Waals surface area contributed by atoms with Crippen molar-refractivity contribution in [1.29, 1.82) is 0 Å². The SMILES string of the molecule is CCCOc1ccncn1. The van der Waals surface area contributed by atoms with E-state index in [1.807, 2.05) is 0 Å². The normalized spacial score (nSPS) is 9.30. The molecule has 3 nitrogen and oxygen atoms in total. The van der Waals surface area contributed by atoms with E-state index in [0.717, 1.165) is 13.0 Å². The van der Waals surface area contributed by atoms with Gasteiger partial charge in [-0.3, -0.25) is 0 Å². The Morgan fingerprint density at radius 1 is 1.60 bits per heavy atom. The van der Waals surface area contributed by atoms with Crippen molar-refractivity contribution < 1.29 is 4.74 Å². The zero-order valence-electron chi connectivity index (χ0n) is 5.95. The summed E-state index contributed by atoms with van der Waals surface area (Å²) in [6.45, 7) is 2.78. The third-order valence-corrected chi connectivity index (χ3v) is 1.01. The molecule has 10 heavy (non-hydrogen) atoms. The number of hydrogen-bond acceptors (Lipinski definition) is 3. The molecule has 0 atom stereocenters. The molecule has 0 saturated carbocycles. The third kappa shape index (κ3) is 2.01. The third-order valence-electron chi connectivity index (χ3n) is 1.01. The highest BCUT2D eigenvalue weighted by molar-refractivity contribution is 5.03. The minimum Gasteiger partial charge on any atom is -0.478 e. The summed E-state index contributed by atoms with van der Waals surface area (Å²) < 4.78 is 5.20. The van der Waals surface area contributed by atoms with Gasteiger partial charge in [0.1, 0.15) is 6.33 Å². The van der Waals surface area contributed by atoms with E-state index in [-0.39, 0.29) is 0 Å². The van der Waals surface area contributed by atoms with E-state index < -0.39 is 0 Å². The van der Waals surface area contributed by atoms with Crippen molar-refractivity contribution in [2.24, 2.45) is 0 Å². The van der Waals surface area contributed by atoms with Crippen LogP contribution in [0, 0.1) is 0 Å². The van der Waals surface area contributed by atoms with Gasteiger partial charge in [-0.05, 0) is 6.42 Å². The lowest BCUT2D eigenvalue weighted by atomic mass is 10.5. The summed E-state index contributed by atoms with van der Waals surface area (Å²) in [5, 5.41) is 0. The van der Waals surface area contributed by atoms with Crippen LogP contribution in [0.2, 0.25) is 0 Å². The van der Waals surface area contributed by atoms with Crippen LogP contribution in [0.1, 0.15) is 13.3 Å². The van der Waals surface area contributed by atoms with E-state index >= 15 is 0 Å². The van der Waals surface area contributed by atoms with Crippen LogP contribution in [-0.4, -0.2) is 16.6 Å². The Labute approximate surface area is 60.1 Å². The summed E-state index contributed by atoms with van der Waals surface area (Å²) in [7, 11) is 0. The number of rotatable bonds is 3. The molecule has 0 bridgehead atoms. The molecule has 0 fully saturated rings. The molecule has 0 amide bonds. The molecule has 0 unspecified atom stereocenters. The molecule has 0 spiro atoms. The van der Waals surface area contributed by atoms with Crippen LogP contribution in [0.25, 0.3) is 0 Å². The monoisotopic (exact) mass is 138 g/mol. The summed E-state index contributed by atoms with van der Waals surface area (Å²) in [6, 6.07) is 1.75. The summed E-state index contributed by atoms with van der Waals surface area (Å²) in [5.41, 5.74) is 0. The smallest absolute Gasteiger partial charge is 0.216 e. The highest BCUT2D eigenvalue weighted by Gasteiger charge is 1.88. The summed E-state index contributed by atoms with van der Waals surface area (Å²) >= 11 is 0. The van der Waals surface area contributed by atoms with Crippen molar-refractivity contribution >= 4 is 0 Å². The predicted molar refractivity (Wildman–Crippen MR) is 37.8 cm³/mol. The van der Waals surface area contributed by atoms with Crippen molar-refractivity contribution in [2.45, 2.75) is 13.3 Å². The molecule has 1 aromatic rings. The van der Waals surface area contributed by atoms with Gasteiger partial charge in [-0.15, -0.1) is 0 Å². The summed E-state index contributed by atoms with van der Waals surface area (Å²) in [4.78, 5) is 7.65. The molecule has 1 heterocycles. The van der Waals surface area contributed by atoms with E-state index in [4.69, 9.17) is 4.74 Å². The van der Waals surface area contributed by atoms with Crippen LogP contribution in [0.4, 0.5) is 0 Å². The molecule has 3 heteroatoms. The van der Waals surface area contributed by atoms with Gasteiger partial charge in [-0.25, -0.2) is 9.97 Å². The first-order valence-electron chi connectivity index (χ1n) is 3.32. The number of ether oxygens (including phenoxy) is 1. The summed E-state index contributed by atoms with van der Waals surface area (Å²) in [6.07, 6.45) is 4.15. The zero-order valence-corrected chi connectivity index (χ0v) is 5.95. The van der Waals surface area contributed by atoms with Gasteiger partial charge >= 0.3 is 0 Å². The van der Waals surface area contributed by atoms with Gasteiger partial charge in [0, 0.05) is 12.3 Å². The van der Waals surface area contributed by atoms with Crippen LogP contribution >= 0.6 is 0 Å². The first-order chi connectivity index (χ1) is 4.93. The van der Waals surface area contributed by atoms with Crippen LogP contribution in [0.5, 0.6) is 5.88 Å². The maximum absolute atomic E-state index is 5.20. The van der Waals surface area contributed by atoms with Gasteiger partial charge in [0.15, 0.2) is 0 Å². The van der Waals surface area contributed by atoms with Crippen molar-refractivity contribution in [1.82, 2.24) is 9.97 Å². The van der Waals surface area contributed by atoms with Crippen LogP contribution in [0.15, 0.2) is 18.6 Å². The standard InChI is InChI=1S/C7H10N2O/c1-2-5-10-7-3-4-8-6-9-7/h3-4,6H,2,5H2,1H3. The predicted octanol–water partition coefficient (Wildman–Crippen LogP) is 1.27. The molecule has 0 N–H and O–H groups in total. The van der Waals surface area contributed by atoms with Crippen molar-refractivity contribution in [3.05, 3.63) is 18.6 Å². The topological polar surface area (TPSA) is 35.0 Å². The first-order valence-corrected chi connectivity index (χ1v) is 3.32. The molecule has 0 aliphatic carbocycles. The van der Waals surface area contributed by atoms with E-state index in [9.17, 15) is 0 Å². The highest BCUT2D eigenvalue weighted by Crippen LogP contribution is 2.00. The van der Waals surface area contributed by atoms with Crippen LogP contribution in [0.3, 0.4) is 0 Å². The van der Waals surface area contributed by atoms with Crippen LogP contribution in [-0.2, 0) is 0 Å². The Bertz CT molecular complexity index is 176. The van der Waals surface area contributed by atoms with E-state index in [1.165, 1.54) is 6.33 Å². The molecule has 1 rings (SSSR count). The lowest BCUT2D eigenvalue weighted by Gasteiger charge is -1.99. The largest absolute Gasteiger partial charge is 0.478 e. The van der Waals surface area contributed by atoms with Gasteiger partial charge < -0.3 is 4.74 Å². The maximum Gasteiger partial charge on any atom is 0.216 e. The van der Waals surface area contributed by atoms with E-state index in [2.05, 4.69) is 16.9 Å². The Kier molecular flexibility index (Phi) is 2.67. The number of nitrogens with zero attached hydrogens (tertiary/aromatic N) is 2. The minimum absolute atomic E-state index is 0.650. The molecule has 0 aromatic carbocycles. The molecule has 0 saturated heterocycles. The number of aromatic nitrogens is 2. The lowest BCUT2D eigenvalue weighted by Crippen LogP contribution is -1.96. The van der Waals surface area contributed by atoms with Crippen LogP contribution < -0.4 is 4.74 Å². The highest BCUT2D eigenvalue weighted by atomic mass is 16.5. The second kappa shape index (κ2) is 3.82. The van der Waals surface area contributed by atoms with Gasteiger partial charge in [0.25, 0.3) is 0 Å². The summed E-state index contributed by atoms with van der Waals surface area (Å²) in [5.74, 6) is 0.650. The molecular weight excluding hydrogens is 128 g/mol. The van der Waals surface area contributed by atoms with Gasteiger partial charge in [0.2, 0.25) is 5.88 Å². The molecule has 54 valence electrons. The fourth-order valence-electron chi connectivity index (χ4n) is 0.571.